The Morgan fingerprint density at radius 1 is 1.26 bits per heavy atom. The van der Waals surface area contributed by atoms with Gasteiger partial charge in [0.15, 0.2) is 0 Å². The highest BCUT2D eigenvalue weighted by molar-refractivity contribution is 5.95. The third-order valence-corrected chi connectivity index (χ3v) is 2.61. The molecule has 1 aromatic rings. The van der Waals surface area contributed by atoms with Gasteiger partial charge in [-0.3, -0.25) is 9.59 Å². The highest BCUT2D eigenvalue weighted by Gasteiger charge is 2.13. The lowest BCUT2D eigenvalue weighted by atomic mass is 10.1. The molecule has 0 aliphatic carbocycles. The van der Waals surface area contributed by atoms with Crippen LogP contribution in [0.5, 0.6) is 0 Å². The number of halogens is 1. The maximum atomic E-state index is 11.9. The molecule has 5 nitrogen and oxygen atoms in total. The number of pyridine rings is 1. The normalized spacial score (nSPS) is 9.84. The Morgan fingerprint density at radius 3 is 2.53 bits per heavy atom. The van der Waals surface area contributed by atoms with Crippen molar-refractivity contribution in [3.63, 3.8) is 0 Å². The molecule has 1 aromatic heterocycles. The SMILES string of the molecule is CCCNCCNC(=O)c1c(C)cc(C)[nH]c1=O.Cl. The van der Waals surface area contributed by atoms with Gasteiger partial charge < -0.3 is 15.6 Å². The summed E-state index contributed by atoms with van der Waals surface area (Å²) in [5.74, 6) is -0.313. The standard InChI is InChI=1S/C13H21N3O2.ClH/c1-4-5-14-6-7-15-12(17)11-9(2)8-10(3)16-13(11)18;/h8,14H,4-7H2,1-3H3,(H,15,17)(H,16,18);1H. The molecule has 0 fully saturated rings. The lowest BCUT2D eigenvalue weighted by molar-refractivity contribution is 0.0952. The maximum Gasteiger partial charge on any atom is 0.261 e. The van der Waals surface area contributed by atoms with Gasteiger partial charge in [0.2, 0.25) is 0 Å². The van der Waals surface area contributed by atoms with E-state index in [1.165, 1.54) is 0 Å². The Bertz CT molecular complexity index is 471. The van der Waals surface area contributed by atoms with Gasteiger partial charge >= 0.3 is 0 Å². The third-order valence-electron chi connectivity index (χ3n) is 2.61. The number of aryl methyl sites for hydroxylation is 2. The lowest BCUT2D eigenvalue weighted by Gasteiger charge is -2.08. The van der Waals surface area contributed by atoms with Crippen molar-refractivity contribution in [1.29, 1.82) is 0 Å². The smallest absolute Gasteiger partial charge is 0.261 e. The molecule has 0 bridgehead atoms. The molecule has 0 atom stereocenters. The van der Waals surface area contributed by atoms with Gasteiger partial charge in [0.25, 0.3) is 11.5 Å². The third kappa shape index (κ3) is 5.44. The number of rotatable bonds is 6. The predicted molar refractivity (Wildman–Crippen MR) is 79.3 cm³/mol. The molecule has 19 heavy (non-hydrogen) atoms. The molecule has 0 saturated heterocycles. The zero-order chi connectivity index (χ0) is 13.5. The largest absolute Gasteiger partial charge is 0.351 e. The maximum absolute atomic E-state index is 11.9. The Balaban J connectivity index is 0.00000324. The second-order valence-corrected chi connectivity index (χ2v) is 4.35. The summed E-state index contributed by atoms with van der Waals surface area (Å²) >= 11 is 0. The first-order valence-electron chi connectivity index (χ1n) is 6.25. The summed E-state index contributed by atoms with van der Waals surface area (Å²) < 4.78 is 0. The van der Waals surface area contributed by atoms with Crippen molar-refractivity contribution in [3.05, 3.63) is 33.2 Å². The minimum Gasteiger partial charge on any atom is -0.351 e. The highest BCUT2D eigenvalue weighted by atomic mass is 35.5. The molecular weight excluding hydrogens is 266 g/mol. The van der Waals surface area contributed by atoms with E-state index in [-0.39, 0.29) is 29.4 Å². The van der Waals surface area contributed by atoms with Crippen molar-refractivity contribution in [2.75, 3.05) is 19.6 Å². The summed E-state index contributed by atoms with van der Waals surface area (Å²) in [7, 11) is 0. The van der Waals surface area contributed by atoms with Crippen LogP contribution >= 0.6 is 12.4 Å². The van der Waals surface area contributed by atoms with Crippen LogP contribution in [0.15, 0.2) is 10.9 Å². The van der Waals surface area contributed by atoms with Gasteiger partial charge in [-0.05, 0) is 38.4 Å². The molecule has 0 aliphatic rings. The van der Waals surface area contributed by atoms with Crippen molar-refractivity contribution in [2.45, 2.75) is 27.2 Å². The topological polar surface area (TPSA) is 74.0 Å². The van der Waals surface area contributed by atoms with Gasteiger partial charge in [0.05, 0.1) is 0 Å². The van der Waals surface area contributed by atoms with Crippen molar-refractivity contribution < 1.29 is 4.79 Å². The number of aromatic nitrogens is 1. The molecule has 0 aliphatic heterocycles. The van der Waals surface area contributed by atoms with Crippen LogP contribution in [0.3, 0.4) is 0 Å². The quantitative estimate of drug-likeness (QED) is 0.687. The molecule has 6 heteroatoms. The number of hydrogen-bond donors (Lipinski definition) is 3. The van der Waals surface area contributed by atoms with Crippen LogP contribution in [-0.4, -0.2) is 30.5 Å². The fourth-order valence-corrected chi connectivity index (χ4v) is 1.79. The molecule has 1 amide bonds. The number of carbonyl (C=O) groups is 1. The van der Waals surface area contributed by atoms with E-state index in [0.29, 0.717) is 18.7 Å². The first-order valence-corrected chi connectivity index (χ1v) is 6.25. The molecule has 108 valence electrons. The number of nitrogens with one attached hydrogen (secondary N) is 3. The average molecular weight is 288 g/mol. The number of carbonyl (C=O) groups excluding carboxylic acids is 1. The van der Waals surface area contributed by atoms with Crippen LogP contribution in [0, 0.1) is 13.8 Å². The Kier molecular flexibility index (Phi) is 8.11. The van der Waals surface area contributed by atoms with E-state index in [9.17, 15) is 9.59 Å². The number of hydrogen-bond acceptors (Lipinski definition) is 3. The Labute approximate surface area is 119 Å². The number of amides is 1. The zero-order valence-electron chi connectivity index (χ0n) is 11.6. The second-order valence-electron chi connectivity index (χ2n) is 4.35. The van der Waals surface area contributed by atoms with Crippen LogP contribution in [0.1, 0.15) is 35.0 Å². The van der Waals surface area contributed by atoms with Gasteiger partial charge in [-0.2, -0.15) is 0 Å². The minimum absolute atomic E-state index is 0. The van der Waals surface area contributed by atoms with E-state index < -0.39 is 0 Å². The molecule has 0 unspecified atom stereocenters. The summed E-state index contributed by atoms with van der Waals surface area (Å²) in [5, 5.41) is 5.92. The van der Waals surface area contributed by atoms with Crippen LogP contribution in [0.4, 0.5) is 0 Å². The molecule has 3 N–H and O–H groups in total. The molecule has 1 rings (SSSR count). The molecular formula is C13H22ClN3O2. The van der Waals surface area contributed by atoms with Crippen LogP contribution in [0.25, 0.3) is 0 Å². The van der Waals surface area contributed by atoms with E-state index >= 15 is 0 Å². The Hall–Kier alpha value is -1.33. The number of aromatic amines is 1. The molecule has 0 spiro atoms. The van der Waals surface area contributed by atoms with E-state index in [2.05, 4.69) is 22.5 Å². The van der Waals surface area contributed by atoms with Crippen molar-refractivity contribution in [3.8, 4) is 0 Å². The summed E-state index contributed by atoms with van der Waals surface area (Å²) in [6.45, 7) is 7.81. The fourth-order valence-electron chi connectivity index (χ4n) is 1.79. The van der Waals surface area contributed by atoms with Crippen LogP contribution in [-0.2, 0) is 0 Å². The molecule has 0 radical (unpaired) electrons. The lowest BCUT2D eigenvalue weighted by Crippen LogP contribution is -2.35. The first-order chi connectivity index (χ1) is 8.56. The highest BCUT2D eigenvalue weighted by Crippen LogP contribution is 2.02. The monoisotopic (exact) mass is 287 g/mol. The van der Waals surface area contributed by atoms with Gasteiger partial charge in [-0.1, -0.05) is 6.92 Å². The van der Waals surface area contributed by atoms with Gasteiger partial charge in [0, 0.05) is 18.8 Å². The Morgan fingerprint density at radius 2 is 1.95 bits per heavy atom. The molecule has 0 saturated carbocycles. The first kappa shape index (κ1) is 17.7. The van der Waals surface area contributed by atoms with Crippen molar-refractivity contribution in [2.24, 2.45) is 0 Å². The molecule has 1 heterocycles. The van der Waals surface area contributed by atoms with E-state index in [0.717, 1.165) is 18.7 Å². The van der Waals surface area contributed by atoms with Crippen molar-refractivity contribution >= 4 is 18.3 Å². The average Bonchev–Trinajstić information content (AvgIpc) is 2.27. The van der Waals surface area contributed by atoms with Gasteiger partial charge in [-0.25, -0.2) is 0 Å². The number of H-pyrrole nitrogens is 1. The van der Waals surface area contributed by atoms with Gasteiger partial charge in [0.1, 0.15) is 5.56 Å². The van der Waals surface area contributed by atoms with Crippen LogP contribution in [0.2, 0.25) is 0 Å². The fraction of sp³-hybridized carbons (Fsp3) is 0.538. The van der Waals surface area contributed by atoms with E-state index in [4.69, 9.17) is 0 Å². The van der Waals surface area contributed by atoms with E-state index in [1.807, 2.05) is 0 Å². The second kappa shape index (κ2) is 8.72. The van der Waals surface area contributed by atoms with Gasteiger partial charge in [-0.15, -0.1) is 12.4 Å². The summed E-state index contributed by atoms with van der Waals surface area (Å²) in [4.78, 5) is 26.2. The van der Waals surface area contributed by atoms with Crippen LogP contribution < -0.4 is 16.2 Å². The minimum atomic E-state index is -0.327. The molecule has 0 aromatic carbocycles. The van der Waals surface area contributed by atoms with Crippen molar-refractivity contribution in [1.82, 2.24) is 15.6 Å². The zero-order valence-corrected chi connectivity index (χ0v) is 12.4. The summed E-state index contributed by atoms with van der Waals surface area (Å²) in [6, 6.07) is 1.80. The summed E-state index contributed by atoms with van der Waals surface area (Å²) in [5.41, 5.74) is 1.34. The van der Waals surface area contributed by atoms with E-state index in [1.54, 1.807) is 19.9 Å². The summed E-state index contributed by atoms with van der Waals surface area (Å²) in [6.07, 6.45) is 1.06. The predicted octanol–water partition coefficient (Wildman–Crippen LogP) is 1.14.